The standard InChI is InChI=1S/C12H14N2O/c1-14-10-12(9-13-14)15-8-7-11-5-3-2-4-6-11/h2-6,9-10H,7-8H2,1H3. The third kappa shape index (κ3) is 2.84. The van der Waals surface area contributed by atoms with Gasteiger partial charge in [0.05, 0.1) is 19.0 Å². The van der Waals surface area contributed by atoms with E-state index in [9.17, 15) is 0 Å². The van der Waals surface area contributed by atoms with E-state index in [-0.39, 0.29) is 0 Å². The molecule has 0 radical (unpaired) electrons. The highest BCUT2D eigenvalue weighted by atomic mass is 16.5. The van der Waals surface area contributed by atoms with Crippen molar-refractivity contribution in [2.75, 3.05) is 6.61 Å². The lowest BCUT2D eigenvalue weighted by Gasteiger charge is -2.02. The number of hydrogen-bond acceptors (Lipinski definition) is 2. The minimum absolute atomic E-state index is 0.690. The number of nitrogens with zero attached hydrogens (tertiary/aromatic N) is 2. The zero-order valence-electron chi connectivity index (χ0n) is 8.76. The second-order valence-corrected chi connectivity index (χ2v) is 3.43. The Labute approximate surface area is 89.3 Å². The number of hydrogen-bond donors (Lipinski definition) is 0. The minimum Gasteiger partial charge on any atom is -0.490 e. The van der Waals surface area contributed by atoms with Crippen molar-refractivity contribution in [2.45, 2.75) is 6.42 Å². The van der Waals surface area contributed by atoms with Crippen LogP contribution < -0.4 is 4.74 Å². The molecule has 0 unspecified atom stereocenters. The predicted octanol–water partition coefficient (Wildman–Crippen LogP) is 2.04. The molecule has 3 nitrogen and oxygen atoms in total. The topological polar surface area (TPSA) is 27.1 Å². The maximum absolute atomic E-state index is 5.55. The Morgan fingerprint density at radius 2 is 2.07 bits per heavy atom. The van der Waals surface area contributed by atoms with Crippen LogP contribution in [0.1, 0.15) is 5.56 Å². The molecule has 0 aliphatic heterocycles. The van der Waals surface area contributed by atoms with Gasteiger partial charge in [0.25, 0.3) is 0 Å². The Morgan fingerprint density at radius 1 is 1.27 bits per heavy atom. The van der Waals surface area contributed by atoms with E-state index >= 15 is 0 Å². The number of benzene rings is 1. The lowest BCUT2D eigenvalue weighted by molar-refractivity contribution is 0.321. The lowest BCUT2D eigenvalue weighted by Crippen LogP contribution is -2.00. The summed E-state index contributed by atoms with van der Waals surface area (Å²) in [6.45, 7) is 0.690. The van der Waals surface area contributed by atoms with Crippen molar-refractivity contribution in [2.24, 2.45) is 7.05 Å². The van der Waals surface area contributed by atoms with E-state index in [1.165, 1.54) is 5.56 Å². The van der Waals surface area contributed by atoms with E-state index in [2.05, 4.69) is 17.2 Å². The van der Waals surface area contributed by atoms with Crippen molar-refractivity contribution in [3.63, 3.8) is 0 Å². The van der Waals surface area contributed by atoms with Gasteiger partial charge >= 0.3 is 0 Å². The van der Waals surface area contributed by atoms with E-state index in [0.717, 1.165) is 12.2 Å². The first-order valence-corrected chi connectivity index (χ1v) is 5.00. The maximum Gasteiger partial charge on any atom is 0.157 e. The molecular formula is C12H14N2O. The molecular weight excluding hydrogens is 188 g/mol. The highest BCUT2D eigenvalue weighted by Gasteiger charge is 1.96. The Kier molecular flexibility index (Phi) is 3.02. The first kappa shape index (κ1) is 9.77. The molecule has 2 rings (SSSR count). The highest BCUT2D eigenvalue weighted by Crippen LogP contribution is 2.08. The zero-order chi connectivity index (χ0) is 10.5. The molecule has 1 heterocycles. The van der Waals surface area contributed by atoms with Crippen molar-refractivity contribution in [3.05, 3.63) is 48.3 Å². The van der Waals surface area contributed by atoms with Crippen molar-refractivity contribution >= 4 is 0 Å². The van der Waals surface area contributed by atoms with E-state index in [4.69, 9.17) is 4.74 Å². The van der Waals surface area contributed by atoms with Gasteiger partial charge in [-0.15, -0.1) is 0 Å². The summed E-state index contributed by atoms with van der Waals surface area (Å²) < 4.78 is 7.28. The predicted molar refractivity (Wildman–Crippen MR) is 58.8 cm³/mol. The zero-order valence-corrected chi connectivity index (χ0v) is 8.76. The SMILES string of the molecule is Cn1cc(OCCc2ccccc2)cn1. The molecule has 0 aliphatic rings. The summed E-state index contributed by atoms with van der Waals surface area (Å²) in [4.78, 5) is 0. The fraction of sp³-hybridized carbons (Fsp3) is 0.250. The Morgan fingerprint density at radius 3 is 2.73 bits per heavy atom. The molecule has 3 heteroatoms. The molecule has 78 valence electrons. The van der Waals surface area contributed by atoms with Gasteiger partial charge in [0.1, 0.15) is 0 Å². The molecule has 1 aromatic carbocycles. The largest absolute Gasteiger partial charge is 0.490 e. The fourth-order valence-electron chi connectivity index (χ4n) is 1.40. The van der Waals surface area contributed by atoms with E-state index in [1.807, 2.05) is 31.4 Å². The molecule has 0 N–H and O–H groups in total. The molecule has 0 amide bonds. The van der Waals surface area contributed by atoms with Gasteiger partial charge in [-0.2, -0.15) is 5.10 Å². The molecule has 2 aromatic rings. The molecule has 0 fully saturated rings. The molecule has 0 bridgehead atoms. The van der Waals surface area contributed by atoms with Gasteiger partial charge < -0.3 is 4.74 Å². The van der Waals surface area contributed by atoms with Crippen molar-refractivity contribution in [1.29, 1.82) is 0 Å². The van der Waals surface area contributed by atoms with Crippen molar-refractivity contribution < 1.29 is 4.74 Å². The molecule has 15 heavy (non-hydrogen) atoms. The second-order valence-electron chi connectivity index (χ2n) is 3.43. The van der Waals surface area contributed by atoms with Crippen molar-refractivity contribution in [3.8, 4) is 5.75 Å². The molecule has 0 saturated carbocycles. The average molecular weight is 202 g/mol. The first-order chi connectivity index (χ1) is 7.34. The summed E-state index contributed by atoms with van der Waals surface area (Å²) >= 11 is 0. The monoisotopic (exact) mass is 202 g/mol. The average Bonchev–Trinajstić information content (AvgIpc) is 2.66. The molecule has 1 aromatic heterocycles. The highest BCUT2D eigenvalue weighted by molar-refractivity contribution is 5.15. The third-order valence-electron chi connectivity index (χ3n) is 2.18. The number of aryl methyl sites for hydroxylation is 1. The first-order valence-electron chi connectivity index (χ1n) is 5.00. The van der Waals surface area contributed by atoms with Crippen LogP contribution in [-0.2, 0) is 13.5 Å². The second kappa shape index (κ2) is 4.64. The van der Waals surface area contributed by atoms with Gasteiger partial charge in [0.15, 0.2) is 5.75 Å². The van der Waals surface area contributed by atoms with Gasteiger partial charge in [0.2, 0.25) is 0 Å². The van der Waals surface area contributed by atoms with Gasteiger partial charge in [0, 0.05) is 13.5 Å². The van der Waals surface area contributed by atoms with E-state index in [1.54, 1.807) is 10.9 Å². The number of rotatable bonds is 4. The van der Waals surface area contributed by atoms with Crippen LogP contribution in [-0.4, -0.2) is 16.4 Å². The van der Waals surface area contributed by atoms with Gasteiger partial charge in [-0.1, -0.05) is 30.3 Å². The van der Waals surface area contributed by atoms with Crippen LogP contribution >= 0.6 is 0 Å². The molecule has 0 saturated heterocycles. The van der Waals surface area contributed by atoms with Gasteiger partial charge in [-0.25, -0.2) is 0 Å². The number of ether oxygens (including phenoxy) is 1. The van der Waals surface area contributed by atoms with Gasteiger partial charge in [-0.05, 0) is 5.56 Å². The fourth-order valence-corrected chi connectivity index (χ4v) is 1.40. The van der Waals surface area contributed by atoms with E-state index < -0.39 is 0 Å². The van der Waals surface area contributed by atoms with Crippen LogP contribution in [0.3, 0.4) is 0 Å². The quantitative estimate of drug-likeness (QED) is 0.758. The number of aromatic nitrogens is 2. The summed E-state index contributed by atoms with van der Waals surface area (Å²) in [7, 11) is 1.88. The summed E-state index contributed by atoms with van der Waals surface area (Å²) in [6, 6.07) is 10.3. The normalized spacial score (nSPS) is 10.2. The van der Waals surface area contributed by atoms with Crippen LogP contribution in [0.4, 0.5) is 0 Å². The van der Waals surface area contributed by atoms with Crippen LogP contribution in [0, 0.1) is 0 Å². The molecule has 0 spiro atoms. The minimum atomic E-state index is 0.690. The van der Waals surface area contributed by atoms with Crippen LogP contribution in [0.25, 0.3) is 0 Å². The summed E-state index contributed by atoms with van der Waals surface area (Å²) in [6.07, 6.45) is 4.52. The molecule has 0 aliphatic carbocycles. The van der Waals surface area contributed by atoms with Crippen molar-refractivity contribution in [1.82, 2.24) is 9.78 Å². The Hall–Kier alpha value is -1.77. The molecule has 0 atom stereocenters. The smallest absolute Gasteiger partial charge is 0.157 e. The van der Waals surface area contributed by atoms with E-state index in [0.29, 0.717) is 6.61 Å². The maximum atomic E-state index is 5.55. The van der Waals surface area contributed by atoms with Crippen LogP contribution in [0.2, 0.25) is 0 Å². The van der Waals surface area contributed by atoms with Gasteiger partial charge in [-0.3, -0.25) is 4.68 Å². The summed E-state index contributed by atoms with van der Waals surface area (Å²) in [5, 5.41) is 4.03. The summed E-state index contributed by atoms with van der Waals surface area (Å²) in [5.74, 6) is 0.827. The third-order valence-corrected chi connectivity index (χ3v) is 2.18. The van der Waals surface area contributed by atoms with Crippen LogP contribution in [0.5, 0.6) is 5.75 Å². The Bertz CT molecular complexity index is 409. The summed E-state index contributed by atoms with van der Waals surface area (Å²) in [5.41, 5.74) is 1.29. The van der Waals surface area contributed by atoms with Crippen LogP contribution in [0.15, 0.2) is 42.7 Å². The lowest BCUT2D eigenvalue weighted by atomic mass is 10.2. The Balaban J connectivity index is 1.80.